The molecule has 0 aromatic heterocycles. The monoisotopic (exact) mass is 397 g/mol. The van der Waals surface area contributed by atoms with Gasteiger partial charge in [-0.2, -0.15) is 0 Å². The summed E-state index contributed by atoms with van der Waals surface area (Å²) in [4.78, 5) is 20.0. The Hall–Kier alpha value is -2.04. The number of carbonyl (C=O) groups is 1. The van der Waals surface area contributed by atoms with Crippen LogP contribution < -0.4 is 4.90 Å². The van der Waals surface area contributed by atoms with E-state index in [0.717, 1.165) is 45.7 Å². The van der Waals surface area contributed by atoms with Gasteiger partial charge in [0.05, 0.1) is 0 Å². The van der Waals surface area contributed by atoms with Gasteiger partial charge in [-0.05, 0) is 49.6 Å². The molecule has 4 nitrogen and oxygen atoms in total. The number of hydrogen-bond acceptors (Lipinski definition) is 3. The molecule has 148 valence electrons. The summed E-state index contributed by atoms with van der Waals surface area (Å²) in [5, 5.41) is 0.617. The minimum absolute atomic E-state index is 0.103. The topological polar surface area (TPSA) is 26.8 Å². The van der Waals surface area contributed by atoms with Gasteiger partial charge in [0, 0.05) is 61.6 Å². The van der Waals surface area contributed by atoms with Crippen LogP contribution in [0.3, 0.4) is 0 Å². The summed E-state index contributed by atoms with van der Waals surface area (Å²) in [5.74, 6) is 0.103. The summed E-state index contributed by atoms with van der Waals surface area (Å²) in [6.45, 7) is 8.03. The fraction of sp³-hybridized carbons (Fsp3) is 0.435. The number of halogens is 1. The van der Waals surface area contributed by atoms with Crippen LogP contribution in [-0.2, 0) is 0 Å². The largest absolute Gasteiger partial charge is 0.369 e. The van der Waals surface area contributed by atoms with Crippen LogP contribution in [0.1, 0.15) is 28.8 Å². The molecule has 2 fully saturated rings. The molecule has 2 saturated heterocycles. The maximum absolute atomic E-state index is 12.9. The molecule has 0 bridgehead atoms. The number of hydrogen-bond donors (Lipinski definition) is 0. The van der Waals surface area contributed by atoms with Gasteiger partial charge < -0.3 is 9.80 Å². The number of rotatable bonds is 3. The molecule has 0 saturated carbocycles. The second kappa shape index (κ2) is 8.54. The normalized spacial score (nSPS) is 21.0. The van der Waals surface area contributed by atoms with E-state index in [2.05, 4.69) is 41.0 Å². The predicted octanol–water partition coefficient (Wildman–Crippen LogP) is 4.08. The Morgan fingerprint density at radius 3 is 2.54 bits per heavy atom. The van der Waals surface area contributed by atoms with Gasteiger partial charge >= 0.3 is 0 Å². The summed E-state index contributed by atoms with van der Waals surface area (Å²) in [6, 6.07) is 16.4. The van der Waals surface area contributed by atoms with Crippen LogP contribution in [0.4, 0.5) is 5.69 Å². The Bertz CT molecular complexity index is 832. The molecule has 4 rings (SSSR count). The van der Waals surface area contributed by atoms with Crippen molar-refractivity contribution in [3.05, 3.63) is 64.7 Å². The lowest BCUT2D eigenvalue weighted by molar-refractivity contribution is 0.0563. The van der Waals surface area contributed by atoms with Gasteiger partial charge in [-0.3, -0.25) is 9.69 Å². The molecule has 1 amide bonds. The number of anilines is 1. The summed E-state index contributed by atoms with van der Waals surface area (Å²) >= 11 is 6.07. The van der Waals surface area contributed by atoms with Crippen LogP contribution in [-0.4, -0.2) is 61.0 Å². The molecule has 0 N–H and O–H groups in total. The fourth-order valence-corrected chi connectivity index (χ4v) is 4.68. The van der Waals surface area contributed by atoms with Crippen molar-refractivity contribution in [2.75, 3.05) is 44.2 Å². The van der Waals surface area contributed by atoms with E-state index in [4.69, 9.17) is 11.6 Å². The zero-order valence-electron chi connectivity index (χ0n) is 16.5. The number of aryl methyl sites for hydroxylation is 1. The van der Waals surface area contributed by atoms with Gasteiger partial charge in [0.1, 0.15) is 0 Å². The Balaban J connectivity index is 1.37. The van der Waals surface area contributed by atoms with Gasteiger partial charge in [-0.15, -0.1) is 0 Å². The standard InChI is InChI=1S/C23H28ClN3O/c1-18-6-2-3-10-22(18)26-14-12-25(13-15-26)21-9-5-11-27(17-21)23(28)19-7-4-8-20(24)16-19/h2-4,6-8,10,16,21H,5,9,11-15,17H2,1H3/t21-/m1/s1. The molecule has 5 heteroatoms. The zero-order chi connectivity index (χ0) is 19.5. The summed E-state index contributed by atoms with van der Waals surface area (Å²) in [7, 11) is 0. The predicted molar refractivity (Wildman–Crippen MR) is 115 cm³/mol. The van der Waals surface area contributed by atoms with E-state index in [-0.39, 0.29) is 5.91 Å². The Labute approximate surface area is 172 Å². The molecule has 2 aromatic rings. The lowest BCUT2D eigenvalue weighted by Gasteiger charge is -2.44. The van der Waals surface area contributed by atoms with Gasteiger partial charge in [0.2, 0.25) is 0 Å². The van der Waals surface area contributed by atoms with E-state index >= 15 is 0 Å². The van der Waals surface area contributed by atoms with Crippen LogP contribution >= 0.6 is 11.6 Å². The highest BCUT2D eigenvalue weighted by Gasteiger charge is 2.30. The van der Waals surface area contributed by atoms with E-state index < -0.39 is 0 Å². The molecule has 2 aromatic carbocycles. The fourth-order valence-electron chi connectivity index (χ4n) is 4.49. The molecule has 28 heavy (non-hydrogen) atoms. The molecule has 2 heterocycles. The number of para-hydroxylation sites is 1. The number of benzene rings is 2. The van der Waals surface area contributed by atoms with Crippen molar-refractivity contribution in [1.82, 2.24) is 9.80 Å². The first kappa shape index (κ1) is 19.3. The highest BCUT2D eigenvalue weighted by atomic mass is 35.5. The Morgan fingerprint density at radius 2 is 1.79 bits per heavy atom. The number of carbonyl (C=O) groups excluding carboxylic acids is 1. The minimum Gasteiger partial charge on any atom is -0.369 e. The van der Waals surface area contributed by atoms with Gasteiger partial charge in [0.25, 0.3) is 5.91 Å². The smallest absolute Gasteiger partial charge is 0.253 e. The summed E-state index contributed by atoms with van der Waals surface area (Å²) in [5.41, 5.74) is 3.38. The SMILES string of the molecule is Cc1ccccc1N1CCN([C@@H]2CCCN(C(=O)c3cccc(Cl)c3)C2)CC1. The third kappa shape index (κ3) is 4.18. The average molecular weight is 398 g/mol. The van der Waals surface area contributed by atoms with Gasteiger partial charge in [-0.1, -0.05) is 35.9 Å². The van der Waals surface area contributed by atoms with Crippen molar-refractivity contribution in [2.45, 2.75) is 25.8 Å². The minimum atomic E-state index is 0.103. The summed E-state index contributed by atoms with van der Waals surface area (Å²) < 4.78 is 0. The quantitative estimate of drug-likeness (QED) is 0.780. The Kier molecular flexibility index (Phi) is 5.88. The maximum atomic E-state index is 12.9. The zero-order valence-corrected chi connectivity index (χ0v) is 17.2. The van der Waals surface area contributed by atoms with Gasteiger partial charge in [-0.25, -0.2) is 0 Å². The van der Waals surface area contributed by atoms with E-state index in [1.54, 1.807) is 6.07 Å². The lowest BCUT2D eigenvalue weighted by Crippen LogP contribution is -2.56. The molecule has 1 atom stereocenters. The molecule has 0 spiro atoms. The number of nitrogens with zero attached hydrogens (tertiary/aromatic N) is 3. The number of piperidine rings is 1. The lowest BCUT2D eigenvalue weighted by atomic mass is 10.0. The van der Waals surface area contributed by atoms with Crippen molar-refractivity contribution in [3.8, 4) is 0 Å². The van der Waals surface area contributed by atoms with E-state index in [1.807, 2.05) is 23.1 Å². The number of piperazine rings is 1. The molecular weight excluding hydrogens is 370 g/mol. The number of amides is 1. The molecular formula is C23H28ClN3O. The summed E-state index contributed by atoms with van der Waals surface area (Å²) in [6.07, 6.45) is 2.23. The Morgan fingerprint density at radius 1 is 1.00 bits per heavy atom. The molecule has 2 aliphatic rings. The number of likely N-dealkylation sites (tertiary alicyclic amines) is 1. The highest BCUT2D eigenvalue weighted by Crippen LogP contribution is 2.24. The van der Waals surface area contributed by atoms with Crippen molar-refractivity contribution in [2.24, 2.45) is 0 Å². The van der Waals surface area contributed by atoms with Gasteiger partial charge in [0.15, 0.2) is 0 Å². The van der Waals surface area contributed by atoms with E-state index in [1.165, 1.54) is 17.7 Å². The van der Waals surface area contributed by atoms with Crippen molar-refractivity contribution < 1.29 is 4.79 Å². The maximum Gasteiger partial charge on any atom is 0.253 e. The van der Waals surface area contributed by atoms with Crippen molar-refractivity contribution in [3.63, 3.8) is 0 Å². The van der Waals surface area contributed by atoms with Crippen molar-refractivity contribution >= 4 is 23.2 Å². The third-order valence-corrected chi connectivity index (χ3v) is 6.28. The molecule has 0 radical (unpaired) electrons. The highest BCUT2D eigenvalue weighted by molar-refractivity contribution is 6.30. The molecule has 0 aliphatic carbocycles. The average Bonchev–Trinajstić information content (AvgIpc) is 2.74. The van der Waals surface area contributed by atoms with Crippen LogP contribution in [0.25, 0.3) is 0 Å². The van der Waals surface area contributed by atoms with E-state index in [0.29, 0.717) is 16.6 Å². The molecule has 2 aliphatic heterocycles. The third-order valence-electron chi connectivity index (χ3n) is 6.04. The van der Waals surface area contributed by atoms with Crippen LogP contribution in [0.5, 0.6) is 0 Å². The molecule has 0 unspecified atom stereocenters. The van der Waals surface area contributed by atoms with Crippen LogP contribution in [0, 0.1) is 6.92 Å². The van der Waals surface area contributed by atoms with Crippen LogP contribution in [0.15, 0.2) is 48.5 Å². The second-order valence-corrected chi connectivity index (χ2v) is 8.30. The van der Waals surface area contributed by atoms with Crippen LogP contribution in [0.2, 0.25) is 5.02 Å². The first-order valence-corrected chi connectivity index (χ1v) is 10.6. The first-order valence-electron chi connectivity index (χ1n) is 10.2. The van der Waals surface area contributed by atoms with Crippen molar-refractivity contribution in [1.29, 1.82) is 0 Å². The first-order chi connectivity index (χ1) is 13.6. The second-order valence-electron chi connectivity index (χ2n) is 7.87. The van der Waals surface area contributed by atoms with E-state index in [9.17, 15) is 4.79 Å².